The summed E-state index contributed by atoms with van der Waals surface area (Å²) in [6.07, 6.45) is 2.95. The van der Waals surface area contributed by atoms with Crippen molar-refractivity contribution in [2.75, 3.05) is 0 Å². The van der Waals surface area contributed by atoms with Crippen LogP contribution in [-0.4, -0.2) is 15.9 Å². The van der Waals surface area contributed by atoms with Crippen molar-refractivity contribution in [3.8, 4) is 16.9 Å². The first-order chi connectivity index (χ1) is 12.0. The fourth-order valence-corrected chi connectivity index (χ4v) is 2.18. The Labute approximate surface area is 143 Å². The molecule has 0 fully saturated rings. The molecule has 0 spiro atoms. The van der Waals surface area contributed by atoms with E-state index in [9.17, 15) is 13.6 Å². The molecule has 2 aromatic carbocycles. The maximum Gasteiger partial charge on any atom is 0.381 e. The zero-order valence-corrected chi connectivity index (χ0v) is 13.6. The molecule has 0 unspecified atom stereocenters. The number of halogens is 2. The Morgan fingerprint density at radius 3 is 2.16 bits per heavy atom. The van der Waals surface area contributed by atoms with E-state index in [4.69, 9.17) is 4.74 Å². The van der Waals surface area contributed by atoms with Crippen molar-refractivity contribution in [1.82, 2.24) is 9.97 Å². The molecule has 6 heteroatoms. The van der Waals surface area contributed by atoms with E-state index < -0.39 is 23.4 Å². The highest BCUT2D eigenvalue weighted by Gasteiger charge is 2.18. The number of hydrogen-bond acceptors (Lipinski definition) is 4. The molecular weight excluding hydrogens is 326 g/mol. The molecule has 25 heavy (non-hydrogen) atoms. The first kappa shape index (κ1) is 16.7. The largest absolute Gasteiger partial charge is 0.417 e. The molecule has 126 valence electrons. The van der Waals surface area contributed by atoms with Crippen molar-refractivity contribution in [3.63, 3.8) is 0 Å². The van der Waals surface area contributed by atoms with Gasteiger partial charge in [-0.15, -0.1) is 0 Å². The molecule has 0 aliphatic heterocycles. The number of aryl methyl sites for hydroxylation is 2. The average Bonchev–Trinajstić information content (AvgIpc) is 2.63. The van der Waals surface area contributed by atoms with Crippen molar-refractivity contribution < 1.29 is 18.3 Å². The second kappa shape index (κ2) is 6.76. The molecule has 0 N–H and O–H groups in total. The predicted octanol–water partition coefficient (Wildman–Crippen LogP) is 4.26. The van der Waals surface area contributed by atoms with Crippen LogP contribution < -0.4 is 4.74 Å². The fraction of sp³-hybridized carbons (Fsp3) is 0.105. The van der Waals surface area contributed by atoms with Crippen LogP contribution in [0.25, 0.3) is 11.1 Å². The molecule has 0 bridgehead atoms. The lowest BCUT2D eigenvalue weighted by atomic mass is 10.1. The van der Waals surface area contributed by atoms with E-state index in [0.717, 1.165) is 16.7 Å². The Hall–Kier alpha value is -3.15. The van der Waals surface area contributed by atoms with Gasteiger partial charge in [-0.2, -0.15) is 4.39 Å². The Morgan fingerprint density at radius 1 is 0.880 bits per heavy atom. The molecule has 1 heterocycles. The molecule has 0 radical (unpaired) electrons. The van der Waals surface area contributed by atoms with E-state index in [-0.39, 0.29) is 11.4 Å². The molecule has 0 saturated heterocycles. The highest BCUT2D eigenvalue weighted by Crippen LogP contribution is 2.23. The number of aromatic nitrogens is 2. The number of esters is 1. The Bertz CT molecular complexity index is 923. The topological polar surface area (TPSA) is 52.1 Å². The molecule has 0 amide bonds. The Morgan fingerprint density at radius 2 is 1.52 bits per heavy atom. The van der Waals surface area contributed by atoms with Gasteiger partial charge in [-0.3, -0.25) is 0 Å². The highest BCUT2D eigenvalue weighted by molar-refractivity contribution is 5.87. The summed E-state index contributed by atoms with van der Waals surface area (Å²) < 4.78 is 32.1. The van der Waals surface area contributed by atoms with Crippen LogP contribution in [0.3, 0.4) is 0 Å². The lowest BCUT2D eigenvalue weighted by molar-refractivity contribution is 0.0713. The zero-order chi connectivity index (χ0) is 18.0. The van der Waals surface area contributed by atoms with E-state index in [1.165, 1.54) is 31.5 Å². The van der Waals surface area contributed by atoms with Crippen molar-refractivity contribution in [1.29, 1.82) is 0 Å². The minimum atomic E-state index is -1.22. The van der Waals surface area contributed by atoms with Crippen LogP contribution in [0.1, 0.15) is 21.7 Å². The summed E-state index contributed by atoms with van der Waals surface area (Å²) in [6.45, 7) is 3.39. The first-order valence-corrected chi connectivity index (χ1v) is 7.51. The molecule has 0 aliphatic rings. The lowest BCUT2D eigenvalue weighted by Gasteiger charge is -2.07. The van der Waals surface area contributed by atoms with Crippen LogP contribution in [0.15, 0.2) is 48.8 Å². The zero-order valence-electron chi connectivity index (χ0n) is 13.6. The normalized spacial score (nSPS) is 10.6. The average molecular weight is 340 g/mol. The van der Waals surface area contributed by atoms with Crippen molar-refractivity contribution in [3.05, 3.63) is 77.4 Å². The van der Waals surface area contributed by atoms with Gasteiger partial charge in [0.05, 0.1) is 0 Å². The molecule has 4 nitrogen and oxygen atoms in total. The molecule has 3 aromatic rings. The second-order valence-corrected chi connectivity index (χ2v) is 5.56. The molecule has 1 aromatic heterocycles. The van der Waals surface area contributed by atoms with E-state index in [2.05, 4.69) is 9.97 Å². The third kappa shape index (κ3) is 3.52. The number of hydrogen-bond donors (Lipinski definition) is 0. The van der Waals surface area contributed by atoms with Crippen molar-refractivity contribution in [2.45, 2.75) is 13.8 Å². The summed E-state index contributed by atoms with van der Waals surface area (Å²) in [5.74, 6) is -3.97. The van der Waals surface area contributed by atoms with Gasteiger partial charge in [0.2, 0.25) is 11.6 Å². The SMILES string of the molecule is Cc1ccc(-c2cnc(C(=O)Oc3ccc(C)c(F)c3F)nc2)cc1. The third-order valence-corrected chi connectivity index (χ3v) is 3.66. The summed E-state index contributed by atoms with van der Waals surface area (Å²) in [4.78, 5) is 19.9. The van der Waals surface area contributed by atoms with Crippen LogP contribution >= 0.6 is 0 Å². The number of benzene rings is 2. The van der Waals surface area contributed by atoms with Gasteiger partial charge in [0.25, 0.3) is 0 Å². The van der Waals surface area contributed by atoms with E-state index in [0.29, 0.717) is 0 Å². The minimum Gasteiger partial charge on any atom is -0.417 e. The van der Waals surface area contributed by atoms with Crippen LogP contribution in [0.4, 0.5) is 8.78 Å². The lowest BCUT2D eigenvalue weighted by Crippen LogP contribution is -2.14. The standard InChI is InChI=1S/C19H14F2N2O2/c1-11-3-6-13(7-4-11)14-9-22-18(23-10-14)19(24)25-15-8-5-12(2)16(20)17(15)21/h3-10H,1-2H3. The summed E-state index contributed by atoms with van der Waals surface area (Å²) in [7, 11) is 0. The van der Waals surface area contributed by atoms with Gasteiger partial charge in [0.15, 0.2) is 11.6 Å². The molecule has 0 aliphatic carbocycles. The van der Waals surface area contributed by atoms with Gasteiger partial charge in [0, 0.05) is 18.0 Å². The van der Waals surface area contributed by atoms with Gasteiger partial charge < -0.3 is 4.74 Å². The first-order valence-electron chi connectivity index (χ1n) is 7.51. The monoisotopic (exact) mass is 340 g/mol. The van der Waals surface area contributed by atoms with Crippen molar-refractivity contribution >= 4 is 5.97 Å². The summed E-state index contributed by atoms with van der Waals surface area (Å²) in [5, 5.41) is 0. The molecule has 0 saturated carbocycles. The minimum absolute atomic E-state index is 0.121. The third-order valence-electron chi connectivity index (χ3n) is 3.66. The van der Waals surface area contributed by atoms with Gasteiger partial charge in [-0.1, -0.05) is 35.9 Å². The molecule has 0 atom stereocenters. The van der Waals surface area contributed by atoms with Crippen LogP contribution in [-0.2, 0) is 0 Å². The smallest absolute Gasteiger partial charge is 0.381 e. The van der Waals surface area contributed by atoms with Gasteiger partial charge >= 0.3 is 5.97 Å². The van der Waals surface area contributed by atoms with Crippen LogP contribution in [0.5, 0.6) is 5.75 Å². The fourth-order valence-electron chi connectivity index (χ4n) is 2.18. The van der Waals surface area contributed by atoms with Gasteiger partial charge in [0.1, 0.15) is 0 Å². The molecular formula is C19H14F2N2O2. The molecule has 3 rings (SSSR count). The number of nitrogens with zero attached hydrogens (tertiary/aromatic N) is 2. The van der Waals surface area contributed by atoms with Gasteiger partial charge in [-0.25, -0.2) is 19.2 Å². The summed E-state index contributed by atoms with van der Waals surface area (Å²) in [6, 6.07) is 10.2. The summed E-state index contributed by atoms with van der Waals surface area (Å²) >= 11 is 0. The van der Waals surface area contributed by atoms with E-state index >= 15 is 0 Å². The number of rotatable bonds is 3. The second-order valence-electron chi connectivity index (χ2n) is 5.56. The van der Waals surface area contributed by atoms with Gasteiger partial charge in [-0.05, 0) is 31.0 Å². The highest BCUT2D eigenvalue weighted by atomic mass is 19.2. The predicted molar refractivity (Wildman–Crippen MR) is 88.3 cm³/mol. The Balaban J connectivity index is 1.79. The maximum atomic E-state index is 13.8. The number of ether oxygens (including phenoxy) is 1. The van der Waals surface area contributed by atoms with Crippen molar-refractivity contribution in [2.24, 2.45) is 0 Å². The van der Waals surface area contributed by atoms with Crippen LogP contribution in [0, 0.1) is 25.5 Å². The van der Waals surface area contributed by atoms with Crippen LogP contribution in [0.2, 0.25) is 0 Å². The number of carbonyl (C=O) groups is 1. The maximum absolute atomic E-state index is 13.8. The van der Waals surface area contributed by atoms with E-state index in [1.54, 1.807) is 0 Å². The Kier molecular flexibility index (Phi) is 4.52. The summed E-state index contributed by atoms with van der Waals surface area (Å²) in [5.41, 5.74) is 2.87. The quantitative estimate of drug-likeness (QED) is 0.528. The van der Waals surface area contributed by atoms with E-state index in [1.807, 2.05) is 31.2 Å². The number of carbonyl (C=O) groups excluding carboxylic acids is 1.